The predicted octanol–water partition coefficient (Wildman–Crippen LogP) is 3.21. The Bertz CT molecular complexity index is 1240. The first kappa shape index (κ1) is 23.8. The lowest BCUT2D eigenvalue weighted by Crippen LogP contribution is -2.07. The third-order valence-corrected chi connectivity index (χ3v) is 6.36. The van der Waals surface area contributed by atoms with Crippen LogP contribution in [-0.2, 0) is 14.6 Å². The minimum absolute atomic E-state index is 0.00664. The van der Waals surface area contributed by atoms with Crippen molar-refractivity contribution in [2.75, 3.05) is 32.4 Å². The number of anilines is 1. The van der Waals surface area contributed by atoms with E-state index in [0.29, 0.717) is 28.4 Å². The molecule has 0 unspecified atom stereocenters. The van der Waals surface area contributed by atoms with E-state index in [-0.39, 0.29) is 22.6 Å². The van der Waals surface area contributed by atoms with Gasteiger partial charge in [-0.3, -0.25) is 10.1 Å². The van der Waals surface area contributed by atoms with Gasteiger partial charge in [0, 0.05) is 11.6 Å². The molecular formula is C22H23N3O7S. The summed E-state index contributed by atoms with van der Waals surface area (Å²) in [6.45, 7) is 1.58. The Hall–Kier alpha value is -3.86. The number of rotatable bonds is 9. The molecule has 2 aromatic carbocycles. The third kappa shape index (κ3) is 5.50. The number of nitrogens with one attached hydrogen (secondary N) is 1. The summed E-state index contributed by atoms with van der Waals surface area (Å²) in [5.74, 6) is 1.00. The Labute approximate surface area is 191 Å². The minimum atomic E-state index is -3.30. The highest BCUT2D eigenvalue weighted by Crippen LogP contribution is 2.38. The summed E-state index contributed by atoms with van der Waals surface area (Å²) in [5.41, 5.74) is 1.17. The highest BCUT2D eigenvalue weighted by molar-refractivity contribution is 7.91. The van der Waals surface area contributed by atoms with Gasteiger partial charge >= 0.3 is 6.01 Å². The Morgan fingerprint density at radius 3 is 2.21 bits per heavy atom. The fourth-order valence-electron chi connectivity index (χ4n) is 2.88. The minimum Gasteiger partial charge on any atom is -0.493 e. The van der Waals surface area contributed by atoms with Crippen molar-refractivity contribution in [3.05, 3.63) is 48.0 Å². The van der Waals surface area contributed by atoms with Crippen LogP contribution in [0.5, 0.6) is 17.2 Å². The van der Waals surface area contributed by atoms with Crippen molar-refractivity contribution in [2.24, 2.45) is 0 Å². The molecular weight excluding hydrogens is 450 g/mol. The van der Waals surface area contributed by atoms with E-state index in [2.05, 4.69) is 15.5 Å². The van der Waals surface area contributed by atoms with Crippen LogP contribution >= 0.6 is 0 Å². The van der Waals surface area contributed by atoms with E-state index in [1.165, 1.54) is 39.5 Å². The Balaban J connectivity index is 1.71. The van der Waals surface area contributed by atoms with Gasteiger partial charge in [0.1, 0.15) is 0 Å². The molecule has 1 aromatic heterocycles. The molecule has 3 rings (SSSR count). The molecule has 1 amide bonds. The van der Waals surface area contributed by atoms with Gasteiger partial charge in [0.25, 0.3) is 5.91 Å². The number of methoxy groups -OCH3 is 3. The highest BCUT2D eigenvalue weighted by Gasteiger charge is 2.15. The normalized spacial score (nSPS) is 11.4. The summed E-state index contributed by atoms with van der Waals surface area (Å²) in [7, 11) is 1.20. The van der Waals surface area contributed by atoms with Crippen molar-refractivity contribution in [3.63, 3.8) is 0 Å². The Kier molecular flexibility index (Phi) is 7.34. The van der Waals surface area contributed by atoms with Crippen molar-refractivity contribution in [1.29, 1.82) is 0 Å². The van der Waals surface area contributed by atoms with Crippen molar-refractivity contribution in [3.8, 4) is 28.7 Å². The molecule has 0 aliphatic carbocycles. The van der Waals surface area contributed by atoms with E-state index in [1.807, 2.05) is 0 Å². The molecule has 1 heterocycles. The van der Waals surface area contributed by atoms with Gasteiger partial charge in [-0.05, 0) is 48.0 Å². The summed E-state index contributed by atoms with van der Waals surface area (Å²) < 4.78 is 45.1. The molecule has 0 aliphatic heterocycles. The van der Waals surface area contributed by atoms with Crippen molar-refractivity contribution in [2.45, 2.75) is 11.8 Å². The second-order valence-electron chi connectivity index (χ2n) is 6.62. The zero-order valence-electron chi connectivity index (χ0n) is 18.5. The molecule has 0 saturated carbocycles. The lowest BCUT2D eigenvalue weighted by atomic mass is 10.1. The van der Waals surface area contributed by atoms with Gasteiger partial charge in [-0.1, -0.05) is 12.0 Å². The Morgan fingerprint density at radius 2 is 1.67 bits per heavy atom. The number of benzene rings is 2. The lowest BCUT2D eigenvalue weighted by molar-refractivity contribution is -0.112. The maximum absolute atomic E-state index is 12.3. The molecule has 11 heteroatoms. The number of hydrogen-bond donors (Lipinski definition) is 1. The molecule has 10 nitrogen and oxygen atoms in total. The molecule has 174 valence electrons. The quantitative estimate of drug-likeness (QED) is 0.466. The molecule has 1 N–H and O–H groups in total. The van der Waals surface area contributed by atoms with Crippen LogP contribution < -0.4 is 19.5 Å². The second-order valence-corrected chi connectivity index (χ2v) is 8.90. The SMILES string of the molecule is CCS(=O)(=O)c1ccc(-c2nnc(NC(=O)C=Cc3cc(OC)c(OC)c(OC)c3)o2)cc1. The number of hydrogen-bond acceptors (Lipinski definition) is 9. The summed E-state index contributed by atoms with van der Waals surface area (Å²) in [4.78, 5) is 12.5. The van der Waals surface area contributed by atoms with E-state index in [9.17, 15) is 13.2 Å². The second kappa shape index (κ2) is 10.2. The van der Waals surface area contributed by atoms with Crippen molar-refractivity contribution < 1.29 is 31.8 Å². The predicted molar refractivity (Wildman–Crippen MR) is 121 cm³/mol. The largest absolute Gasteiger partial charge is 0.493 e. The molecule has 0 atom stereocenters. The van der Waals surface area contributed by atoms with Gasteiger partial charge in [0.2, 0.25) is 11.6 Å². The molecule has 33 heavy (non-hydrogen) atoms. The number of carbonyl (C=O) groups is 1. The van der Waals surface area contributed by atoms with Crippen molar-refractivity contribution in [1.82, 2.24) is 10.2 Å². The van der Waals surface area contributed by atoms with Crippen molar-refractivity contribution >= 4 is 27.8 Å². The maximum Gasteiger partial charge on any atom is 0.322 e. The summed E-state index contributed by atoms with van der Waals surface area (Å²) in [5, 5.41) is 10.2. The molecule has 0 fully saturated rings. The van der Waals surface area contributed by atoms with Crippen LogP contribution in [0.25, 0.3) is 17.5 Å². The van der Waals surface area contributed by atoms with Crippen LogP contribution in [0.1, 0.15) is 12.5 Å². The van der Waals surface area contributed by atoms with Crippen LogP contribution in [0, 0.1) is 0 Å². The average molecular weight is 474 g/mol. The molecule has 0 aliphatic rings. The van der Waals surface area contributed by atoms with Gasteiger partial charge in [0.15, 0.2) is 21.3 Å². The van der Waals surface area contributed by atoms with Gasteiger partial charge in [0.05, 0.1) is 32.0 Å². The number of sulfone groups is 1. The van der Waals surface area contributed by atoms with Gasteiger partial charge in [-0.25, -0.2) is 8.42 Å². The topological polar surface area (TPSA) is 130 Å². The van der Waals surface area contributed by atoms with Crippen LogP contribution in [-0.4, -0.2) is 51.6 Å². The summed E-state index contributed by atoms with van der Waals surface area (Å²) >= 11 is 0. The summed E-state index contributed by atoms with van der Waals surface area (Å²) in [6.07, 6.45) is 2.85. The Morgan fingerprint density at radius 1 is 1.03 bits per heavy atom. The maximum atomic E-state index is 12.3. The van der Waals surface area contributed by atoms with E-state index < -0.39 is 15.7 Å². The third-order valence-electron chi connectivity index (χ3n) is 4.61. The highest BCUT2D eigenvalue weighted by atomic mass is 32.2. The van der Waals surface area contributed by atoms with Gasteiger partial charge in [-0.15, -0.1) is 5.10 Å². The fourth-order valence-corrected chi connectivity index (χ4v) is 3.76. The van der Waals surface area contributed by atoms with Crippen LogP contribution in [0.3, 0.4) is 0 Å². The zero-order chi connectivity index (χ0) is 24.0. The van der Waals surface area contributed by atoms with E-state index >= 15 is 0 Å². The van der Waals surface area contributed by atoms with E-state index in [0.717, 1.165) is 0 Å². The number of aromatic nitrogens is 2. The lowest BCUT2D eigenvalue weighted by Gasteiger charge is -2.12. The van der Waals surface area contributed by atoms with Crippen LogP contribution in [0.15, 0.2) is 51.8 Å². The van der Waals surface area contributed by atoms with E-state index in [4.69, 9.17) is 18.6 Å². The van der Waals surface area contributed by atoms with Gasteiger partial charge < -0.3 is 18.6 Å². The van der Waals surface area contributed by atoms with Gasteiger partial charge in [-0.2, -0.15) is 0 Å². The first-order valence-electron chi connectivity index (χ1n) is 9.77. The first-order chi connectivity index (χ1) is 15.8. The average Bonchev–Trinajstić information content (AvgIpc) is 3.30. The molecule has 3 aromatic rings. The number of amides is 1. The number of nitrogens with zero attached hydrogens (tertiary/aromatic N) is 2. The smallest absolute Gasteiger partial charge is 0.322 e. The summed E-state index contributed by atoms with van der Waals surface area (Å²) in [6, 6.07) is 9.34. The van der Waals surface area contributed by atoms with E-state index in [1.54, 1.807) is 37.3 Å². The van der Waals surface area contributed by atoms with Crippen LogP contribution in [0.2, 0.25) is 0 Å². The molecule has 0 bridgehead atoms. The molecule has 0 radical (unpaired) electrons. The zero-order valence-corrected chi connectivity index (χ0v) is 19.3. The molecule has 0 saturated heterocycles. The molecule has 0 spiro atoms. The number of carbonyl (C=O) groups excluding carboxylic acids is 1. The first-order valence-corrected chi connectivity index (χ1v) is 11.4. The fraction of sp³-hybridized carbons (Fsp3) is 0.227. The number of ether oxygens (including phenoxy) is 3. The monoisotopic (exact) mass is 473 g/mol. The van der Waals surface area contributed by atoms with Crippen LogP contribution in [0.4, 0.5) is 6.01 Å². The standard InChI is InChI=1S/C22H23N3O7S/c1-5-33(27,28)16-9-7-15(8-10-16)21-24-25-22(32-21)23-19(26)11-6-14-12-17(29-2)20(31-4)18(13-14)30-3/h6-13H,5H2,1-4H3,(H,23,25,26).